The van der Waals surface area contributed by atoms with Gasteiger partial charge in [-0.15, -0.1) is 0 Å². The minimum absolute atomic E-state index is 0.00669. The summed E-state index contributed by atoms with van der Waals surface area (Å²) in [6.45, 7) is 2.57. The molecule has 1 spiro atoms. The fourth-order valence-electron chi connectivity index (χ4n) is 4.68. The maximum atomic E-state index is 13.4. The van der Waals surface area contributed by atoms with Crippen molar-refractivity contribution in [1.29, 1.82) is 0 Å². The first kappa shape index (κ1) is 19.4. The zero-order chi connectivity index (χ0) is 20.4. The largest absolute Gasteiger partial charge is 0.497 e. The second kappa shape index (κ2) is 7.85. The van der Waals surface area contributed by atoms with Gasteiger partial charge >= 0.3 is 0 Å². The number of pyridine rings is 1. The average Bonchev–Trinajstić information content (AvgIpc) is 3.03. The van der Waals surface area contributed by atoms with Crippen LogP contribution in [0, 0.1) is 12.3 Å². The van der Waals surface area contributed by atoms with E-state index in [2.05, 4.69) is 10.3 Å². The van der Waals surface area contributed by atoms with Crippen LogP contribution in [0.15, 0.2) is 42.5 Å². The normalized spacial score (nSPS) is 24.0. The summed E-state index contributed by atoms with van der Waals surface area (Å²) >= 11 is 0. The van der Waals surface area contributed by atoms with E-state index in [0.717, 1.165) is 42.8 Å². The predicted molar refractivity (Wildman–Crippen MR) is 111 cm³/mol. The van der Waals surface area contributed by atoms with Crippen molar-refractivity contribution in [2.75, 3.05) is 18.6 Å². The van der Waals surface area contributed by atoms with Crippen molar-refractivity contribution >= 4 is 17.5 Å². The van der Waals surface area contributed by atoms with E-state index in [0.29, 0.717) is 18.7 Å². The maximum Gasteiger partial charge on any atom is 0.270 e. The van der Waals surface area contributed by atoms with Crippen LogP contribution in [-0.4, -0.2) is 36.5 Å². The Labute approximate surface area is 171 Å². The SMILES string of the molecule is COc1cccc(N2CCC3(CCC[C@H](NC(=O)c4cccc(C)n4)C3)C2=O)c1. The summed E-state index contributed by atoms with van der Waals surface area (Å²) < 4.78 is 5.31. The molecule has 6 heteroatoms. The lowest BCUT2D eigenvalue weighted by molar-refractivity contribution is -0.127. The molecule has 4 rings (SSSR count). The standard InChI is InChI=1S/C23H27N3O3/c1-16-6-3-10-20(24-16)21(27)25-17-7-5-11-23(15-17)12-13-26(22(23)28)18-8-4-9-19(14-18)29-2/h3-4,6,8-10,14,17H,5,7,11-13,15H2,1-2H3,(H,25,27)/t17-,23?/m0/s1. The molecule has 2 amide bonds. The maximum absolute atomic E-state index is 13.4. The van der Waals surface area contributed by atoms with Gasteiger partial charge in [-0.1, -0.05) is 18.6 Å². The smallest absolute Gasteiger partial charge is 0.270 e. The zero-order valence-electron chi connectivity index (χ0n) is 17.0. The number of methoxy groups -OCH3 is 1. The number of aromatic nitrogens is 1. The Bertz CT molecular complexity index is 929. The van der Waals surface area contributed by atoms with E-state index in [9.17, 15) is 9.59 Å². The van der Waals surface area contributed by atoms with E-state index >= 15 is 0 Å². The molecule has 6 nitrogen and oxygen atoms in total. The van der Waals surface area contributed by atoms with Gasteiger partial charge in [0.2, 0.25) is 5.91 Å². The Kier molecular flexibility index (Phi) is 5.26. The van der Waals surface area contributed by atoms with Gasteiger partial charge in [0.05, 0.1) is 12.5 Å². The van der Waals surface area contributed by atoms with Crippen molar-refractivity contribution < 1.29 is 14.3 Å². The summed E-state index contributed by atoms with van der Waals surface area (Å²) in [5.74, 6) is 0.750. The summed E-state index contributed by atoms with van der Waals surface area (Å²) in [6.07, 6.45) is 4.21. The third-order valence-corrected chi connectivity index (χ3v) is 6.18. The summed E-state index contributed by atoms with van der Waals surface area (Å²) in [7, 11) is 1.63. The minimum Gasteiger partial charge on any atom is -0.497 e. The molecule has 1 aromatic carbocycles. The average molecular weight is 393 g/mol. The fourth-order valence-corrected chi connectivity index (χ4v) is 4.68. The number of carbonyl (C=O) groups is 2. The van der Waals surface area contributed by atoms with Crippen LogP contribution in [-0.2, 0) is 4.79 Å². The molecule has 1 aromatic heterocycles. The second-order valence-electron chi connectivity index (χ2n) is 8.12. The van der Waals surface area contributed by atoms with Crippen LogP contribution in [0.2, 0.25) is 0 Å². The molecule has 1 saturated heterocycles. The Morgan fingerprint density at radius 1 is 1.24 bits per heavy atom. The molecule has 2 fully saturated rings. The van der Waals surface area contributed by atoms with E-state index in [-0.39, 0.29) is 23.3 Å². The highest BCUT2D eigenvalue weighted by Crippen LogP contribution is 2.46. The van der Waals surface area contributed by atoms with Gasteiger partial charge in [-0.2, -0.15) is 0 Å². The third kappa shape index (κ3) is 3.84. The number of carbonyl (C=O) groups excluding carboxylic acids is 2. The molecular weight excluding hydrogens is 366 g/mol. The van der Waals surface area contributed by atoms with Gasteiger partial charge in [-0.25, -0.2) is 4.98 Å². The summed E-state index contributed by atoms with van der Waals surface area (Å²) in [5, 5.41) is 3.11. The number of hydrogen-bond donors (Lipinski definition) is 1. The van der Waals surface area contributed by atoms with Gasteiger partial charge in [-0.05, 0) is 56.9 Å². The quantitative estimate of drug-likeness (QED) is 0.863. The zero-order valence-corrected chi connectivity index (χ0v) is 17.0. The van der Waals surface area contributed by atoms with Crippen LogP contribution < -0.4 is 15.0 Å². The first-order chi connectivity index (χ1) is 14.0. The van der Waals surface area contributed by atoms with E-state index < -0.39 is 0 Å². The molecule has 2 heterocycles. The minimum atomic E-state index is -0.390. The van der Waals surface area contributed by atoms with Crippen molar-refractivity contribution in [2.24, 2.45) is 5.41 Å². The molecule has 1 unspecified atom stereocenters. The van der Waals surface area contributed by atoms with Gasteiger partial charge in [0.25, 0.3) is 5.91 Å². The van der Waals surface area contributed by atoms with Crippen molar-refractivity contribution in [3.05, 3.63) is 53.9 Å². The molecule has 1 aliphatic heterocycles. The highest BCUT2D eigenvalue weighted by molar-refractivity contribution is 6.00. The first-order valence-corrected chi connectivity index (χ1v) is 10.2. The number of benzene rings is 1. The molecule has 1 N–H and O–H groups in total. The molecular formula is C23H27N3O3. The summed E-state index contributed by atoms with van der Waals surface area (Å²) in [5.41, 5.74) is 1.73. The molecule has 2 aliphatic rings. The molecule has 29 heavy (non-hydrogen) atoms. The van der Waals surface area contributed by atoms with E-state index in [1.165, 1.54) is 0 Å². The number of rotatable bonds is 4. The Hall–Kier alpha value is -2.89. The summed E-state index contributed by atoms with van der Waals surface area (Å²) in [4.78, 5) is 32.2. The van der Waals surface area contributed by atoms with Gasteiger partial charge in [0, 0.05) is 30.0 Å². The molecule has 1 saturated carbocycles. The molecule has 2 aromatic rings. The molecule has 2 atom stereocenters. The number of nitrogens with zero attached hydrogens (tertiary/aromatic N) is 2. The van der Waals surface area contributed by atoms with Crippen molar-refractivity contribution in [3.63, 3.8) is 0 Å². The van der Waals surface area contributed by atoms with Gasteiger partial charge < -0.3 is 15.0 Å². The lowest BCUT2D eigenvalue weighted by Crippen LogP contribution is -2.46. The lowest BCUT2D eigenvalue weighted by Gasteiger charge is -2.36. The molecule has 152 valence electrons. The van der Waals surface area contributed by atoms with E-state index in [4.69, 9.17) is 4.74 Å². The van der Waals surface area contributed by atoms with Crippen LogP contribution in [0.4, 0.5) is 5.69 Å². The van der Waals surface area contributed by atoms with Gasteiger partial charge in [0.1, 0.15) is 11.4 Å². The Morgan fingerprint density at radius 3 is 2.86 bits per heavy atom. The fraction of sp³-hybridized carbons (Fsp3) is 0.435. The molecule has 0 bridgehead atoms. The predicted octanol–water partition coefficient (Wildman–Crippen LogP) is 3.49. The highest BCUT2D eigenvalue weighted by Gasteiger charge is 2.49. The van der Waals surface area contributed by atoms with Crippen LogP contribution in [0.3, 0.4) is 0 Å². The van der Waals surface area contributed by atoms with Crippen LogP contribution >= 0.6 is 0 Å². The van der Waals surface area contributed by atoms with Gasteiger partial charge in [-0.3, -0.25) is 9.59 Å². The lowest BCUT2D eigenvalue weighted by atomic mass is 9.71. The Morgan fingerprint density at radius 2 is 2.07 bits per heavy atom. The summed E-state index contributed by atoms with van der Waals surface area (Å²) in [6, 6.07) is 13.1. The van der Waals surface area contributed by atoms with E-state index in [1.54, 1.807) is 13.2 Å². The number of ether oxygens (including phenoxy) is 1. The number of nitrogens with one attached hydrogen (secondary N) is 1. The van der Waals surface area contributed by atoms with Crippen LogP contribution in [0.25, 0.3) is 0 Å². The molecule has 1 aliphatic carbocycles. The van der Waals surface area contributed by atoms with Crippen molar-refractivity contribution in [3.8, 4) is 5.75 Å². The molecule has 0 radical (unpaired) electrons. The third-order valence-electron chi connectivity index (χ3n) is 6.18. The number of anilines is 1. The van der Waals surface area contributed by atoms with Crippen molar-refractivity contribution in [2.45, 2.75) is 45.1 Å². The monoisotopic (exact) mass is 393 g/mol. The number of amides is 2. The second-order valence-corrected chi connectivity index (χ2v) is 8.12. The van der Waals surface area contributed by atoms with Crippen LogP contribution in [0.5, 0.6) is 5.75 Å². The topological polar surface area (TPSA) is 71.5 Å². The van der Waals surface area contributed by atoms with Crippen LogP contribution in [0.1, 0.15) is 48.3 Å². The highest BCUT2D eigenvalue weighted by atomic mass is 16.5. The van der Waals surface area contributed by atoms with E-state index in [1.807, 2.05) is 48.2 Å². The first-order valence-electron chi connectivity index (χ1n) is 10.2. The number of hydrogen-bond acceptors (Lipinski definition) is 4. The number of aryl methyl sites for hydroxylation is 1. The van der Waals surface area contributed by atoms with Gasteiger partial charge in [0.15, 0.2) is 0 Å². The van der Waals surface area contributed by atoms with Crippen molar-refractivity contribution in [1.82, 2.24) is 10.3 Å². The Balaban J connectivity index is 1.47.